The van der Waals surface area contributed by atoms with Crippen molar-refractivity contribution >= 4 is 75.1 Å². The molecule has 0 atom stereocenters. The molecule has 266 valence electrons. The van der Waals surface area contributed by atoms with Crippen LogP contribution in [-0.2, 0) is 0 Å². The maximum atomic E-state index is 9.89. The first kappa shape index (κ1) is 18.0. The Morgan fingerprint density at radius 2 is 0.965 bits per heavy atom. The van der Waals surface area contributed by atoms with E-state index in [-0.39, 0.29) is 38.6 Å². The van der Waals surface area contributed by atoms with E-state index in [1.54, 1.807) is 29.5 Å². The molecule has 8 aromatic carbocycles. The fourth-order valence-electron chi connectivity index (χ4n) is 7.26. The molecule has 0 unspecified atom stereocenters. The Hall–Kier alpha value is -7.41. The van der Waals surface area contributed by atoms with E-state index in [0.29, 0.717) is 5.56 Å². The normalized spacial score (nSPS) is 16.8. The first-order valence-electron chi connectivity index (χ1n) is 27.5. The standard InChI is InChI=1S/C51H31N5S/c1-2-13-32(14-3-1)35-25-27-40-39-19-6-10-23-45(39)56(46(40)31-35)51-53-49(52-50(54-51)55-43-21-8-4-17-37(43)38-18-5-9-22-44(38)55)36-16-12-15-33(29-36)34-26-28-48-42(30-34)41-20-7-11-24-47(41)57-48/h1-31H/i1D,2D,3D,4D,5D,6D,8D,9D,10D,13D,14D,17D,18D,19D,21D,22D,23D,25D,27D,31D. The van der Waals surface area contributed by atoms with Gasteiger partial charge in [0, 0.05) is 47.3 Å². The summed E-state index contributed by atoms with van der Waals surface area (Å²) in [4.78, 5) is 14.6. The van der Waals surface area contributed by atoms with Crippen LogP contribution in [0.15, 0.2) is 188 Å². The second-order valence-electron chi connectivity index (χ2n) is 13.0. The lowest BCUT2D eigenvalue weighted by Gasteiger charge is -2.13. The number of rotatable bonds is 5. The molecule has 0 aliphatic rings. The van der Waals surface area contributed by atoms with E-state index in [0.717, 1.165) is 34.9 Å². The molecule has 0 bridgehead atoms. The number of hydrogen-bond acceptors (Lipinski definition) is 4. The average molecular weight is 766 g/mol. The summed E-state index contributed by atoms with van der Waals surface area (Å²) >= 11 is 1.63. The van der Waals surface area contributed by atoms with Gasteiger partial charge in [0.05, 0.1) is 49.5 Å². The van der Waals surface area contributed by atoms with E-state index in [1.807, 2.05) is 48.5 Å². The molecule has 0 aliphatic heterocycles. The van der Waals surface area contributed by atoms with E-state index in [2.05, 4.69) is 0 Å². The van der Waals surface area contributed by atoms with Crippen LogP contribution in [0.4, 0.5) is 0 Å². The first-order chi connectivity index (χ1) is 36.6. The highest BCUT2D eigenvalue weighted by atomic mass is 32.1. The Balaban J connectivity index is 1.27. The Kier molecular flexibility index (Phi) is 3.97. The maximum absolute atomic E-state index is 9.89. The van der Waals surface area contributed by atoms with Gasteiger partial charge in [-0.15, -0.1) is 11.3 Å². The molecular weight excluding hydrogens is 715 g/mol. The number of aromatic nitrogens is 5. The summed E-state index contributed by atoms with van der Waals surface area (Å²) < 4.78 is 183. The van der Waals surface area contributed by atoms with Gasteiger partial charge in [0.25, 0.3) is 0 Å². The smallest absolute Gasteiger partial charge is 0.240 e. The molecule has 57 heavy (non-hydrogen) atoms. The molecule has 6 heteroatoms. The second kappa shape index (κ2) is 12.6. The summed E-state index contributed by atoms with van der Waals surface area (Å²) in [6.45, 7) is 0. The molecule has 4 aromatic heterocycles. The average Bonchev–Trinajstić information content (AvgIpc) is 4.17. The highest BCUT2D eigenvalue weighted by molar-refractivity contribution is 7.25. The monoisotopic (exact) mass is 765 g/mol. The minimum absolute atomic E-state index is 0.220. The third kappa shape index (κ3) is 5.04. The van der Waals surface area contributed by atoms with Crippen molar-refractivity contribution in [3.05, 3.63) is 188 Å². The Labute approximate surface area is 359 Å². The van der Waals surface area contributed by atoms with Crippen LogP contribution in [-0.4, -0.2) is 24.1 Å². The van der Waals surface area contributed by atoms with Crippen molar-refractivity contribution in [2.24, 2.45) is 0 Å². The molecule has 0 spiro atoms. The molecule has 0 fully saturated rings. The Morgan fingerprint density at radius 1 is 0.386 bits per heavy atom. The molecule has 0 saturated carbocycles. The third-order valence-electron chi connectivity index (χ3n) is 9.78. The van der Waals surface area contributed by atoms with E-state index < -0.39 is 160 Å². The number of benzene rings is 8. The fourth-order valence-corrected chi connectivity index (χ4v) is 8.34. The van der Waals surface area contributed by atoms with Crippen molar-refractivity contribution in [3.8, 4) is 45.5 Å². The molecular formula is C51H31N5S. The number of thiophene rings is 1. The van der Waals surface area contributed by atoms with Gasteiger partial charge in [0.1, 0.15) is 0 Å². The summed E-state index contributed by atoms with van der Waals surface area (Å²) in [7, 11) is 0. The molecule has 12 rings (SSSR count). The fraction of sp³-hybridized carbons (Fsp3) is 0. The van der Waals surface area contributed by atoms with Gasteiger partial charge in [0.15, 0.2) is 5.82 Å². The van der Waals surface area contributed by atoms with Crippen molar-refractivity contribution in [1.82, 2.24) is 24.1 Å². The van der Waals surface area contributed by atoms with E-state index >= 15 is 0 Å². The molecule has 4 heterocycles. The number of fused-ring (bicyclic) bond motifs is 9. The molecule has 0 saturated heterocycles. The maximum Gasteiger partial charge on any atom is 0.240 e. The SMILES string of the molecule is [2H]c1c([2H])c([2H])c(-c2c([2H])c([2H])c3c4c([2H])c([2H])c([2H])c([2H])c4n(-c4nc(-c5cccc(-c6ccc7sc8ccccc8c7c6)c5)nc(-n5c6c([2H])c([2H])c([2H])c([2H])c6c6c([2H])c([2H])c([2H])c([2H])c65)n4)c3c2[2H])c([2H])c1[2H]. The van der Waals surface area contributed by atoms with E-state index in [9.17, 15) is 9.60 Å². The molecule has 0 radical (unpaired) electrons. The lowest BCUT2D eigenvalue weighted by atomic mass is 10.0. The zero-order chi connectivity index (χ0) is 54.9. The third-order valence-corrected chi connectivity index (χ3v) is 10.9. The first-order valence-corrected chi connectivity index (χ1v) is 18.3. The molecule has 0 aliphatic carbocycles. The van der Waals surface area contributed by atoms with Gasteiger partial charge in [-0.3, -0.25) is 9.13 Å². The number of nitrogens with zero attached hydrogens (tertiary/aromatic N) is 5. The van der Waals surface area contributed by atoms with Gasteiger partial charge < -0.3 is 0 Å². The quantitative estimate of drug-likeness (QED) is 0.175. The summed E-state index contributed by atoms with van der Waals surface area (Å²) in [5.74, 6) is -1.35. The summed E-state index contributed by atoms with van der Waals surface area (Å²) in [5.41, 5.74) is -1.25. The molecule has 12 aromatic rings. The van der Waals surface area contributed by atoms with Crippen LogP contribution < -0.4 is 0 Å². The van der Waals surface area contributed by atoms with Crippen LogP contribution in [0, 0.1) is 0 Å². The van der Waals surface area contributed by atoms with E-state index in [4.69, 9.17) is 32.8 Å². The van der Waals surface area contributed by atoms with Crippen LogP contribution in [0.5, 0.6) is 0 Å². The van der Waals surface area contributed by atoms with Crippen molar-refractivity contribution in [2.75, 3.05) is 0 Å². The zero-order valence-electron chi connectivity index (χ0n) is 49.0. The highest BCUT2D eigenvalue weighted by Gasteiger charge is 2.21. The van der Waals surface area contributed by atoms with Crippen LogP contribution in [0.2, 0.25) is 0 Å². The van der Waals surface area contributed by atoms with Crippen molar-refractivity contribution < 1.29 is 27.4 Å². The van der Waals surface area contributed by atoms with Gasteiger partial charge in [-0.2, -0.15) is 15.0 Å². The van der Waals surface area contributed by atoms with Gasteiger partial charge >= 0.3 is 0 Å². The summed E-state index contributed by atoms with van der Waals surface area (Å²) in [6, 6.07) is 5.84. The van der Waals surface area contributed by atoms with Crippen molar-refractivity contribution in [2.45, 2.75) is 0 Å². The van der Waals surface area contributed by atoms with Gasteiger partial charge in [0.2, 0.25) is 11.9 Å². The Morgan fingerprint density at radius 3 is 1.68 bits per heavy atom. The van der Waals surface area contributed by atoms with Crippen LogP contribution in [0.1, 0.15) is 27.4 Å². The minimum Gasteiger partial charge on any atom is -0.278 e. The van der Waals surface area contributed by atoms with Crippen LogP contribution >= 0.6 is 11.3 Å². The van der Waals surface area contributed by atoms with Gasteiger partial charge in [-0.1, -0.05) is 139 Å². The summed E-state index contributed by atoms with van der Waals surface area (Å²) in [6.07, 6.45) is 0. The summed E-state index contributed by atoms with van der Waals surface area (Å²) in [5, 5.41) is 0.621. The number of para-hydroxylation sites is 3. The van der Waals surface area contributed by atoms with Gasteiger partial charge in [-0.05, 0) is 70.7 Å². The van der Waals surface area contributed by atoms with Crippen LogP contribution in [0.3, 0.4) is 0 Å². The van der Waals surface area contributed by atoms with Crippen molar-refractivity contribution in [1.29, 1.82) is 0 Å². The van der Waals surface area contributed by atoms with Crippen LogP contribution in [0.25, 0.3) is 109 Å². The topological polar surface area (TPSA) is 48.5 Å². The lowest BCUT2D eigenvalue weighted by molar-refractivity contribution is 0.893. The number of hydrogen-bond donors (Lipinski definition) is 0. The second-order valence-corrected chi connectivity index (χ2v) is 14.0. The molecule has 0 amide bonds. The Bertz CT molecular complexity index is 4610. The zero-order valence-corrected chi connectivity index (χ0v) is 29.8. The van der Waals surface area contributed by atoms with Gasteiger partial charge in [-0.25, -0.2) is 0 Å². The predicted molar refractivity (Wildman–Crippen MR) is 238 cm³/mol. The largest absolute Gasteiger partial charge is 0.278 e. The van der Waals surface area contributed by atoms with E-state index in [1.165, 1.54) is 0 Å². The molecule has 5 nitrogen and oxygen atoms in total. The lowest BCUT2D eigenvalue weighted by Crippen LogP contribution is -2.10. The van der Waals surface area contributed by atoms with Crippen molar-refractivity contribution in [3.63, 3.8) is 0 Å². The minimum atomic E-state index is -0.819. The highest BCUT2D eigenvalue weighted by Crippen LogP contribution is 2.39. The molecule has 0 N–H and O–H groups in total. The predicted octanol–water partition coefficient (Wildman–Crippen LogP) is 13.4.